The van der Waals surface area contributed by atoms with E-state index in [2.05, 4.69) is 60.6 Å². The maximum absolute atomic E-state index is 12.7. The summed E-state index contributed by atoms with van der Waals surface area (Å²) >= 11 is 1.31. The number of furan rings is 1. The Morgan fingerprint density at radius 2 is 1.72 bits per heavy atom. The molecule has 0 spiro atoms. The van der Waals surface area contributed by atoms with Crippen LogP contribution < -0.4 is 14.8 Å². The standard InChI is InChI=1S/C27H30N4O4S/c1-27(2,3)19-10-8-18(9-11-19)25-29-30-26(31(25)16-21-7-6-12-35-21)36-17-24(32)28-20-13-22(33-4)15-23(14-20)34-5/h6-15H,16-17H2,1-5H3,(H,28,32). The molecule has 2 aromatic heterocycles. The van der Waals surface area contributed by atoms with Crippen molar-refractivity contribution in [2.24, 2.45) is 0 Å². The molecule has 1 amide bonds. The van der Waals surface area contributed by atoms with Crippen molar-refractivity contribution < 1.29 is 18.7 Å². The predicted molar refractivity (Wildman–Crippen MR) is 141 cm³/mol. The van der Waals surface area contributed by atoms with Gasteiger partial charge >= 0.3 is 0 Å². The molecule has 4 rings (SSSR count). The van der Waals surface area contributed by atoms with Gasteiger partial charge in [0.15, 0.2) is 11.0 Å². The van der Waals surface area contributed by atoms with Gasteiger partial charge in [0.2, 0.25) is 5.91 Å². The number of aromatic nitrogens is 3. The number of carbonyl (C=O) groups is 1. The van der Waals surface area contributed by atoms with Crippen molar-refractivity contribution >= 4 is 23.4 Å². The number of carbonyl (C=O) groups excluding carboxylic acids is 1. The first-order valence-electron chi connectivity index (χ1n) is 11.5. The summed E-state index contributed by atoms with van der Waals surface area (Å²) in [5, 5.41) is 12.4. The number of anilines is 1. The average molecular weight is 507 g/mol. The fourth-order valence-electron chi connectivity index (χ4n) is 3.64. The monoisotopic (exact) mass is 506 g/mol. The number of methoxy groups -OCH3 is 2. The van der Waals surface area contributed by atoms with Crippen molar-refractivity contribution in [1.82, 2.24) is 14.8 Å². The first kappa shape index (κ1) is 25.4. The van der Waals surface area contributed by atoms with Gasteiger partial charge in [-0.2, -0.15) is 0 Å². The van der Waals surface area contributed by atoms with Crippen LogP contribution in [-0.4, -0.2) is 40.6 Å². The molecule has 0 fully saturated rings. The molecule has 0 unspecified atom stereocenters. The summed E-state index contributed by atoms with van der Waals surface area (Å²) in [6.45, 7) is 7.00. The van der Waals surface area contributed by atoms with Crippen molar-refractivity contribution in [3.63, 3.8) is 0 Å². The number of hydrogen-bond acceptors (Lipinski definition) is 7. The van der Waals surface area contributed by atoms with Gasteiger partial charge in [-0.1, -0.05) is 56.8 Å². The number of nitrogens with one attached hydrogen (secondary N) is 1. The quantitative estimate of drug-likeness (QED) is 0.294. The lowest BCUT2D eigenvalue weighted by molar-refractivity contribution is -0.113. The lowest BCUT2D eigenvalue weighted by atomic mass is 9.87. The summed E-state index contributed by atoms with van der Waals surface area (Å²) in [4.78, 5) is 12.7. The van der Waals surface area contributed by atoms with E-state index < -0.39 is 0 Å². The molecule has 1 N–H and O–H groups in total. The van der Waals surface area contributed by atoms with Crippen molar-refractivity contribution in [2.75, 3.05) is 25.3 Å². The van der Waals surface area contributed by atoms with Gasteiger partial charge in [0, 0.05) is 29.4 Å². The highest BCUT2D eigenvalue weighted by molar-refractivity contribution is 7.99. The number of ether oxygens (including phenoxy) is 2. The van der Waals surface area contributed by atoms with Crippen LogP contribution in [0.2, 0.25) is 0 Å². The van der Waals surface area contributed by atoms with Crippen LogP contribution in [0.4, 0.5) is 5.69 Å². The van der Waals surface area contributed by atoms with E-state index in [1.165, 1.54) is 17.3 Å². The second-order valence-electron chi connectivity index (χ2n) is 9.24. The Bertz CT molecular complexity index is 1290. The van der Waals surface area contributed by atoms with Crippen molar-refractivity contribution in [1.29, 1.82) is 0 Å². The topological polar surface area (TPSA) is 91.4 Å². The molecular formula is C27H30N4O4S. The van der Waals surface area contributed by atoms with Gasteiger partial charge in [-0.3, -0.25) is 9.36 Å². The highest BCUT2D eigenvalue weighted by atomic mass is 32.2. The molecule has 0 atom stereocenters. The molecular weight excluding hydrogens is 476 g/mol. The van der Waals surface area contributed by atoms with Crippen LogP contribution in [-0.2, 0) is 16.8 Å². The third-order valence-corrected chi connectivity index (χ3v) is 6.55. The van der Waals surface area contributed by atoms with E-state index in [0.29, 0.717) is 34.7 Å². The smallest absolute Gasteiger partial charge is 0.234 e. The zero-order valence-corrected chi connectivity index (χ0v) is 21.9. The van der Waals surface area contributed by atoms with Crippen LogP contribution in [0, 0.1) is 0 Å². The first-order valence-corrected chi connectivity index (χ1v) is 12.5. The Kier molecular flexibility index (Phi) is 7.69. The minimum Gasteiger partial charge on any atom is -0.497 e. The van der Waals surface area contributed by atoms with Gasteiger partial charge in [-0.15, -0.1) is 10.2 Å². The van der Waals surface area contributed by atoms with E-state index in [1.807, 2.05) is 16.7 Å². The zero-order chi connectivity index (χ0) is 25.7. The molecule has 188 valence electrons. The van der Waals surface area contributed by atoms with Gasteiger partial charge in [0.05, 0.1) is 32.8 Å². The largest absolute Gasteiger partial charge is 0.497 e. The molecule has 9 heteroatoms. The molecule has 0 aliphatic carbocycles. The second kappa shape index (κ2) is 10.9. The van der Waals surface area contributed by atoms with E-state index >= 15 is 0 Å². The van der Waals surface area contributed by atoms with Crippen LogP contribution in [0.3, 0.4) is 0 Å². The first-order chi connectivity index (χ1) is 17.3. The molecule has 2 aromatic carbocycles. The van der Waals surface area contributed by atoms with Gasteiger partial charge in [0.1, 0.15) is 17.3 Å². The van der Waals surface area contributed by atoms with Crippen LogP contribution in [0.1, 0.15) is 32.1 Å². The Hall–Kier alpha value is -3.72. The number of amides is 1. The lowest BCUT2D eigenvalue weighted by Gasteiger charge is -2.19. The van der Waals surface area contributed by atoms with Gasteiger partial charge in [-0.05, 0) is 23.1 Å². The summed E-state index contributed by atoms with van der Waals surface area (Å²) in [5.41, 5.74) is 2.83. The molecule has 4 aromatic rings. The fourth-order valence-corrected chi connectivity index (χ4v) is 4.37. The predicted octanol–water partition coefficient (Wildman–Crippen LogP) is 5.63. The minimum absolute atomic E-state index is 0.0571. The van der Waals surface area contributed by atoms with Crippen LogP contribution in [0.15, 0.2) is 70.4 Å². The third-order valence-electron chi connectivity index (χ3n) is 5.59. The molecule has 36 heavy (non-hydrogen) atoms. The molecule has 0 aliphatic heterocycles. The Labute approximate surface area is 215 Å². The van der Waals surface area contributed by atoms with Gasteiger partial charge < -0.3 is 19.2 Å². The summed E-state index contributed by atoms with van der Waals surface area (Å²) in [5.74, 6) is 2.65. The maximum Gasteiger partial charge on any atom is 0.234 e. The summed E-state index contributed by atoms with van der Waals surface area (Å²) < 4.78 is 18.1. The summed E-state index contributed by atoms with van der Waals surface area (Å²) in [7, 11) is 3.13. The molecule has 8 nitrogen and oxygen atoms in total. The van der Waals surface area contributed by atoms with Gasteiger partial charge in [0.25, 0.3) is 0 Å². The van der Waals surface area contributed by atoms with Crippen LogP contribution in [0.25, 0.3) is 11.4 Å². The molecule has 0 saturated heterocycles. The SMILES string of the molecule is COc1cc(NC(=O)CSc2nnc(-c3ccc(C(C)(C)C)cc3)n2Cc2ccco2)cc(OC)c1. The van der Waals surface area contributed by atoms with Crippen molar-refractivity contribution in [3.05, 3.63) is 72.2 Å². The van der Waals surface area contributed by atoms with E-state index in [4.69, 9.17) is 13.9 Å². The number of hydrogen-bond donors (Lipinski definition) is 1. The molecule has 0 aliphatic rings. The van der Waals surface area contributed by atoms with E-state index in [-0.39, 0.29) is 17.1 Å². The highest BCUT2D eigenvalue weighted by Gasteiger charge is 2.19. The Balaban J connectivity index is 1.53. The van der Waals surface area contributed by atoms with Crippen molar-refractivity contribution in [2.45, 2.75) is 37.9 Å². The normalized spacial score (nSPS) is 11.4. The molecule has 2 heterocycles. The molecule has 0 saturated carbocycles. The van der Waals surface area contributed by atoms with E-state index in [1.54, 1.807) is 38.7 Å². The second-order valence-corrected chi connectivity index (χ2v) is 10.2. The fraction of sp³-hybridized carbons (Fsp3) is 0.296. The number of thioether (sulfide) groups is 1. The minimum atomic E-state index is -0.182. The maximum atomic E-state index is 12.7. The number of rotatable bonds is 9. The number of nitrogens with zero attached hydrogens (tertiary/aromatic N) is 3. The van der Waals surface area contributed by atoms with Crippen molar-refractivity contribution in [3.8, 4) is 22.9 Å². The lowest BCUT2D eigenvalue weighted by Crippen LogP contribution is -2.15. The molecule has 0 bridgehead atoms. The number of benzene rings is 2. The van der Waals surface area contributed by atoms with E-state index in [0.717, 1.165) is 11.3 Å². The van der Waals surface area contributed by atoms with E-state index in [9.17, 15) is 4.79 Å². The van der Waals surface area contributed by atoms with Crippen LogP contribution in [0.5, 0.6) is 11.5 Å². The highest BCUT2D eigenvalue weighted by Crippen LogP contribution is 2.29. The Morgan fingerprint density at radius 3 is 2.31 bits per heavy atom. The summed E-state index contributed by atoms with van der Waals surface area (Å²) in [6, 6.07) is 17.3. The zero-order valence-electron chi connectivity index (χ0n) is 21.1. The molecule has 0 radical (unpaired) electrons. The average Bonchev–Trinajstić information content (AvgIpc) is 3.52. The third kappa shape index (κ3) is 6.09. The Morgan fingerprint density at radius 1 is 1.03 bits per heavy atom. The van der Waals surface area contributed by atoms with Crippen LogP contribution >= 0.6 is 11.8 Å². The summed E-state index contributed by atoms with van der Waals surface area (Å²) in [6.07, 6.45) is 1.64. The van der Waals surface area contributed by atoms with Gasteiger partial charge in [-0.25, -0.2) is 0 Å².